The van der Waals surface area contributed by atoms with Gasteiger partial charge in [0.05, 0.1) is 22.7 Å². The van der Waals surface area contributed by atoms with Crippen LogP contribution in [0.25, 0.3) is 16.7 Å². The molecule has 1 N–H and O–H groups in total. The molecule has 3 heterocycles. The van der Waals surface area contributed by atoms with Gasteiger partial charge in [-0.25, -0.2) is 0 Å². The Labute approximate surface area is 175 Å². The van der Waals surface area contributed by atoms with E-state index in [2.05, 4.69) is 15.5 Å². The molecule has 0 spiro atoms. The molecule has 4 rings (SSSR count). The molecule has 1 atom stereocenters. The fraction of sp³-hybridized carbons (Fsp3) is 0.300. The quantitative estimate of drug-likeness (QED) is 0.458. The summed E-state index contributed by atoms with van der Waals surface area (Å²) in [7, 11) is 0. The van der Waals surface area contributed by atoms with Crippen LogP contribution >= 0.6 is 23.1 Å². The number of para-hydroxylation sites is 1. The van der Waals surface area contributed by atoms with Gasteiger partial charge in [0, 0.05) is 11.4 Å². The van der Waals surface area contributed by atoms with Crippen LogP contribution in [0, 0.1) is 0 Å². The predicted octanol–water partition coefficient (Wildman–Crippen LogP) is 3.31. The number of carbonyl (C=O) groups excluding carboxylic acids is 1. The van der Waals surface area contributed by atoms with Crippen molar-refractivity contribution in [2.24, 2.45) is 0 Å². The van der Waals surface area contributed by atoms with Crippen molar-refractivity contribution in [3.8, 4) is 0 Å². The van der Waals surface area contributed by atoms with E-state index in [0.717, 1.165) is 16.8 Å². The van der Waals surface area contributed by atoms with Gasteiger partial charge in [-0.05, 0) is 36.9 Å². The Bertz CT molecular complexity index is 1210. The molecule has 0 bridgehead atoms. The zero-order valence-corrected chi connectivity index (χ0v) is 17.8. The monoisotopic (exact) mass is 427 g/mol. The molecule has 29 heavy (non-hydrogen) atoms. The van der Waals surface area contributed by atoms with Gasteiger partial charge in [-0.1, -0.05) is 36.9 Å². The molecule has 0 aliphatic carbocycles. The fourth-order valence-corrected chi connectivity index (χ4v) is 4.70. The van der Waals surface area contributed by atoms with Gasteiger partial charge in [0.15, 0.2) is 5.16 Å². The summed E-state index contributed by atoms with van der Waals surface area (Å²) in [6, 6.07) is 11.4. The Morgan fingerprint density at radius 2 is 2.07 bits per heavy atom. The predicted molar refractivity (Wildman–Crippen MR) is 117 cm³/mol. The number of aromatic nitrogens is 4. The third-order valence-corrected chi connectivity index (χ3v) is 6.51. The van der Waals surface area contributed by atoms with Crippen molar-refractivity contribution in [1.82, 2.24) is 24.5 Å². The highest BCUT2D eigenvalue weighted by atomic mass is 32.2. The zero-order chi connectivity index (χ0) is 20.4. The van der Waals surface area contributed by atoms with Gasteiger partial charge in [-0.2, -0.15) is 0 Å². The summed E-state index contributed by atoms with van der Waals surface area (Å²) in [5.74, 6) is 0.440. The fourth-order valence-electron chi connectivity index (χ4n) is 3.18. The molecular formula is C20H21N5O2S2. The first-order valence-electron chi connectivity index (χ1n) is 9.43. The Kier molecular flexibility index (Phi) is 5.68. The smallest absolute Gasteiger partial charge is 0.262 e. The van der Waals surface area contributed by atoms with Crippen LogP contribution in [-0.4, -0.2) is 30.3 Å². The second kappa shape index (κ2) is 8.38. The summed E-state index contributed by atoms with van der Waals surface area (Å²) in [6.07, 6.45) is 0.810. The van der Waals surface area contributed by atoms with Gasteiger partial charge in [0.1, 0.15) is 0 Å². The maximum absolute atomic E-state index is 12.9. The number of benzene rings is 1. The lowest BCUT2D eigenvalue weighted by Gasteiger charge is -2.12. The SMILES string of the molecule is CCCn1c(=O)c2ccccc2n2c(SC(C)C(=O)NCc3cccs3)nnc12. The van der Waals surface area contributed by atoms with E-state index < -0.39 is 0 Å². The number of hydrogen-bond donors (Lipinski definition) is 1. The van der Waals surface area contributed by atoms with Gasteiger partial charge >= 0.3 is 0 Å². The molecule has 0 aliphatic heterocycles. The Balaban J connectivity index is 1.67. The van der Waals surface area contributed by atoms with E-state index in [1.165, 1.54) is 11.8 Å². The van der Waals surface area contributed by atoms with Crippen LogP contribution in [0.4, 0.5) is 0 Å². The van der Waals surface area contributed by atoms with Crippen molar-refractivity contribution in [2.45, 2.75) is 43.8 Å². The third kappa shape index (κ3) is 3.79. The van der Waals surface area contributed by atoms with Crippen LogP contribution < -0.4 is 10.9 Å². The molecule has 3 aromatic heterocycles. The Hall–Kier alpha value is -2.65. The number of fused-ring (bicyclic) bond motifs is 3. The van der Waals surface area contributed by atoms with E-state index in [-0.39, 0.29) is 16.7 Å². The zero-order valence-electron chi connectivity index (χ0n) is 16.2. The molecule has 150 valence electrons. The number of nitrogens with one attached hydrogen (secondary N) is 1. The van der Waals surface area contributed by atoms with E-state index in [1.54, 1.807) is 15.9 Å². The number of carbonyl (C=O) groups is 1. The Morgan fingerprint density at radius 3 is 2.83 bits per heavy atom. The minimum atomic E-state index is -0.354. The van der Waals surface area contributed by atoms with Gasteiger partial charge < -0.3 is 5.32 Å². The summed E-state index contributed by atoms with van der Waals surface area (Å²) >= 11 is 2.95. The lowest BCUT2D eigenvalue weighted by atomic mass is 10.2. The maximum Gasteiger partial charge on any atom is 0.262 e. The number of nitrogens with zero attached hydrogens (tertiary/aromatic N) is 4. The molecule has 1 aromatic carbocycles. The second-order valence-electron chi connectivity index (χ2n) is 6.65. The number of hydrogen-bond acceptors (Lipinski definition) is 6. The van der Waals surface area contributed by atoms with E-state index in [4.69, 9.17) is 0 Å². The summed E-state index contributed by atoms with van der Waals surface area (Å²) in [6.45, 7) is 4.94. The summed E-state index contributed by atoms with van der Waals surface area (Å²) in [4.78, 5) is 26.5. The van der Waals surface area contributed by atoms with Gasteiger partial charge in [-0.15, -0.1) is 21.5 Å². The van der Waals surface area contributed by atoms with E-state index >= 15 is 0 Å². The Morgan fingerprint density at radius 1 is 1.24 bits per heavy atom. The van der Waals surface area contributed by atoms with Crippen molar-refractivity contribution in [3.63, 3.8) is 0 Å². The van der Waals surface area contributed by atoms with Crippen molar-refractivity contribution in [1.29, 1.82) is 0 Å². The van der Waals surface area contributed by atoms with Crippen LogP contribution in [0.5, 0.6) is 0 Å². The molecule has 1 amide bonds. The third-order valence-electron chi connectivity index (χ3n) is 4.59. The van der Waals surface area contributed by atoms with Crippen LogP contribution in [0.15, 0.2) is 51.7 Å². The summed E-state index contributed by atoms with van der Waals surface area (Å²) < 4.78 is 3.53. The molecule has 9 heteroatoms. The van der Waals surface area contributed by atoms with Crippen molar-refractivity contribution >= 4 is 45.7 Å². The van der Waals surface area contributed by atoms with E-state index in [1.807, 2.05) is 60.0 Å². The van der Waals surface area contributed by atoms with E-state index in [0.29, 0.717) is 29.4 Å². The number of thioether (sulfide) groups is 1. The number of thiophene rings is 1. The summed E-state index contributed by atoms with van der Waals surface area (Å²) in [5.41, 5.74) is 0.680. The second-order valence-corrected chi connectivity index (χ2v) is 8.99. The van der Waals surface area contributed by atoms with Crippen molar-refractivity contribution in [2.75, 3.05) is 0 Å². The molecule has 0 fully saturated rings. The minimum absolute atomic E-state index is 0.0636. The lowest BCUT2D eigenvalue weighted by molar-refractivity contribution is -0.120. The molecule has 7 nitrogen and oxygen atoms in total. The number of rotatable bonds is 7. The van der Waals surface area contributed by atoms with E-state index in [9.17, 15) is 9.59 Å². The topological polar surface area (TPSA) is 81.3 Å². The van der Waals surface area contributed by atoms with Crippen LogP contribution in [-0.2, 0) is 17.9 Å². The van der Waals surface area contributed by atoms with Gasteiger partial charge in [0.2, 0.25) is 11.7 Å². The molecular weight excluding hydrogens is 406 g/mol. The van der Waals surface area contributed by atoms with Gasteiger partial charge in [0.25, 0.3) is 5.56 Å². The van der Waals surface area contributed by atoms with Gasteiger partial charge in [-0.3, -0.25) is 18.6 Å². The molecule has 0 saturated heterocycles. The highest BCUT2D eigenvalue weighted by Gasteiger charge is 2.21. The number of aryl methyl sites for hydroxylation is 1. The van der Waals surface area contributed by atoms with Crippen LogP contribution in [0.2, 0.25) is 0 Å². The highest BCUT2D eigenvalue weighted by Crippen LogP contribution is 2.25. The summed E-state index contributed by atoms with van der Waals surface area (Å²) in [5, 5.41) is 14.4. The first kappa shape index (κ1) is 19.7. The molecule has 4 aromatic rings. The molecule has 0 radical (unpaired) electrons. The largest absolute Gasteiger partial charge is 0.350 e. The van der Waals surface area contributed by atoms with Crippen molar-refractivity contribution < 1.29 is 4.79 Å². The van der Waals surface area contributed by atoms with Crippen LogP contribution in [0.1, 0.15) is 25.1 Å². The first-order valence-corrected chi connectivity index (χ1v) is 11.2. The molecule has 0 aliphatic rings. The average Bonchev–Trinajstić information content (AvgIpc) is 3.39. The molecule has 0 saturated carbocycles. The maximum atomic E-state index is 12.9. The standard InChI is InChI=1S/C20H21N5O2S2/c1-3-10-24-18(27)15-8-4-5-9-16(15)25-19(24)22-23-20(25)29-13(2)17(26)21-12-14-7-6-11-28-14/h4-9,11,13H,3,10,12H2,1-2H3,(H,21,26). The normalized spacial score (nSPS) is 12.5. The minimum Gasteiger partial charge on any atom is -0.350 e. The van der Waals surface area contributed by atoms with Crippen LogP contribution in [0.3, 0.4) is 0 Å². The number of amides is 1. The highest BCUT2D eigenvalue weighted by molar-refractivity contribution is 8.00. The van der Waals surface area contributed by atoms with Crippen molar-refractivity contribution in [3.05, 3.63) is 57.0 Å². The average molecular weight is 428 g/mol. The molecule has 1 unspecified atom stereocenters. The first-order chi connectivity index (χ1) is 14.1. The lowest BCUT2D eigenvalue weighted by Crippen LogP contribution is -2.30.